The van der Waals surface area contributed by atoms with Gasteiger partial charge in [0.2, 0.25) is 0 Å². The van der Waals surface area contributed by atoms with Crippen molar-refractivity contribution in [2.45, 2.75) is 20.4 Å². The number of rotatable bonds is 5. The molecular formula is C16H18INO. The Kier molecular flexibility index (Phi) is 5.07. The fourth-order valence-corrected chi connectivity index (χ4v) is 2.36. The van der Waals surface area contributed by atoms with Crippen LogP contribution in [0.25, 0.3) is 0 Å². The number of nitrogens with one attached hydrogen (secondary N) is 1. The lowest BCUT2D eigenvalue weighted by Crippen LogP contribution is -2.03. The summed E-state index contributed by atoms with van der Waals surface area (Å²) in [6.07, 6.45) is 0. The fraction of sp³-hybridized carbons (Fsp3) is 0.250. The Balaban J connectivity index is 2.07. The number of aryl methyl sites for hydroxylation is 1. The number of benzene rings is 2. The highest BCUT2D eigenvalue weighted by Gasteiger charge is 2.03. The van der Waals surface area contributed by atoms with Crippen molar-refractivity contribution in [3.63, 3.8) is 0 Å². The molecule has 0 saturated carbocycles. The number of ether oxygens (including phenoxy) is 1. The molecule has 0 radical (unpaired) electrons. The summed E-state index contributed by atoms with van der Waals surface area (Å²) in [6.45, 7) is 5.59. The zero-order valence-corrected chi connectivity index (χ0v) is 13.4. The van der Waals surface area contributed by atoms with E-state index < -0.39 is 0 Å². The number of para-hydroxylation sites is 1. The van der Waals surface area contributed by atoms with E-state index in [0.29, 0.717) is 6.61 Å². The monoisotopic (exact) mass is 367 g/mol. The van der Waals surface area contributed by atoms with Gasteiger partial charge in [-0.3, -0.25) is 0 Å². The quantitative estimate of drug-likeness (QED) is 0.780. The lowest BCUT2D eigenvalue weighted by atomic mass is 10.2. The van der Waals surface area contributed by atoms with Crippen LogP contribution in [0.15, 0.2) is 42.5 Å². The molecule has 0 fully saturated rings. The van der Waals surface area contributed by atoms with Crippen LogP contribution < -0.4 is 10.1 Å². The van der Waals surface area contributed by atoms with Gasteiger partial charge in [0.05, 0.1) is 6.61 Å². The maximum atomic E-state index is 5.63. The highest BCUT2D eigenvalue weighted by molar-refractivity contribution is 14.1. The molecule has 2 rings (SSSR count). The van der Waals surface area contributed by atoms with Crippen LogP contribution >= 0.6 is 22.6 Å². The van der Waals surface area contributed by atoms with Gasteiger partial charge in [-0.25, -0.2) is 0 Å². The van der Waals surface area contributed by atoms with Crippen molar-refractivity contribution >= 4 is 28.3 Å². The predicted molar refractivity (Wildman–Crippen MR) is 88.8 cm³/mol. The zero-order chi connectivity index (χ0) is 13.7. The molecule has 0 saturated heterocycles. The highest BCUT2D eigenvalue weighted by Crippen LogP contribution is 2.21. The maximum absolute atomic E-state index is 5.63. The molecule has 0 aliphatic heterocycles. The van der Waals surface area contributed by atoms with Crippen molar-refractivity contribution in [1.82, 2.24) is 0 Å². The van der Waals surface area contributed by atoms with Gasteiger partial charge in [0.25, 0.3) is 0 Å². The minimum atomic E-state index is 0.694. The van der Waals surface area contributed by atoms with Gasteiger partial charge in [0.1, 0.15) is 5.75 Å². The molecule has 2 aromatic rings. The zero-order valence-electron chi connectivity index (χ0n) is 11.2. The lowest BCUT2D eigenvalue weighted by molar-refractivity contribution is 0.337. The summed E-state index contributed by atoms with van der Waals surface area (Å²) in [5.74, 6) is 0.958. The van der Waals surface area contributed by atoms with Crippen molar-refractivity contribution in [1.29, 1.82) is 0 Å². The van der Waals surface area contributed by atoms with Gasteiger partial charge in [0.15, 0.2) is 0 Å². The molecule has 2 aromatic carbocycles. The molecule has 0 bridgehead atoms. The molecule has 0 aliphatic carbocycles. The van der Waals surface area contributed by atoms with Crippen LogP contribution in [0.4, 0.5) is 5.69 Å². The highest BCUT2D eigenvalue weighted by atomic mass is 127. The molecule has 1 N–H and O–H groups in total. The minimum Gasteiger partial charge on any atom is -0.494 e. The second-order valence-electron chi connectivity index (χ2n) is 4.36. The van der Waals surface area contributed by atoms with Crippen molar-refractivity contribution in [2.24, 2.45) is 0 Å². The largest absolute Gasteiger partial charge is 0.494 e. The van der Waals surface area contributed by atoms with E-state index in [1.165, 1.54) is 14.7 Å². The van der Waals surface area contributed by atoms with E-state index in [1.807, 2.05) is 25.1 Å². The molecule has 0 heterocycles. The minimum absolute atomic E-state index is 0.694. The Hall–Kier alpha value is -1.23. The fourth-order valence-electron chi connectivity index (χ4n) is 1.85. The average Bonchev–Trinajstić information content (AvgIpc) is 2.42. The molecular weight excluding hydrogens is 349 g/mol. The molecule has 3 heteroatoms. The Morgan fingerprint density at radius 1 is 1.16 bits per heavy atom. The Labute approximate surface area is 128 Å². The number of halogens is 1. The van der Waals surface area contributed by atoms with Gasteiger partial charge >= 0.3 is 0 Å². The summed E-state index contributed by atoms with van der Waals surface area (Å²) in [5, 5.41) is 3.44. The third kappa shape index (κ3) is 3.86. The van der Waals surface area contributed by atoms with Crippen molar-refractivity contribution in [2.75, 3.05) is 11.9 Å². The number of hydrogen-bond donors (Lipinski definition) is 1. The van der Waals surface area contributed by atoms with Gasteiger partial charge in [-0.2, -0.15) is 0 Å². The third-order valence-electron chi connectivity index (χ3n) is 2.93. The SMILES string of the molecule is CCOc1ccccc1CNc1ccc(C)c(I)c1. The van der Waals surface area contributed by atoms with Gasteiger partial charge in [-0.1, -0.05) is 24.3 Å². The van der Waals surface area contributed by atoms with Crippen LogP contribution in [0.2, 0.25) is 0 Å². The van der Waals surface area contributed by atoms with E-state index in [1.54, 1.807) is 0 Å². The molecule has 100 valence electrons. The standard InChI is InChI=1S/C16H18INO/c1-3-19-16-7-5-4-6-13(16)11-18-14-9-8-12(2)15(17)10-14/h4-10,18H,3,11H2,1-2H3. The smallest absolute Gasteiger partial charge is 0.124 e. The van der Waals surface area contributed by atoms with Gasteiger partial charge in [-0.15, -0.1) is 0 Å². The molecule has 0 spiro atoms. The molecule has 2 nitrogen and oxygen atoms in total. The first-order valence-corrected chi connectivity index (χ1v) is 7.49. The van der Waals surface area contributed by atoms with E-state index in [9.17, 15) is 0 Å². The predicted octanol–water partition coefficient (Wildman–Crippen LogP) is 4.61. The van der Waals surface area contributed by atoms with Crippen LogP contribution in [0.5, 0.6) is 5.75 Å². The second-order valence-corrected chi connectivity index (χ2v) is 5.52. The third-order valence-corrected chi connectivity index (χ3v) is 4.09. The van der Waals surface area contributed by atoms with Crippen LogP contribution in [-0.4, -0.2) is 6.61 Å². The summed E-state index contributed by atoms with van der Waals surface area (Å²) >= 11 is 2.36. The van der Waals surface area contributed by atoms with Gasteiger partial charge in [0, 0.05) is 21.4 Å². The van der Waals surface area contributed by atoms with Crippen LogP contribution in [-0.2, 0) is 6.54 Å². The maximum Gasteiger partial charge on any atom is 0.124 e. The van der Waals surface area contributed by atoms with E-state index >= 15 is 0 Å². The van der Waals surface area contributed by atoms with Gasteiger partial charge in [-0.05, 0) is 60.2 Å². The molecule has 0 aliphatic rings. The summed E-state index contributed by atoms with van der Waals surface area (Å²) in [5.41, 5.74) is 3.63. The molecule has 19 heavy (non-hydrogen) atoms. The molecule has 0 amide bonds. The van der Waals surface area contributed by atoms with Crippen molar-refractivity contribution in [3.8, 4) is 5.75 Å². The van der Waals surface area contributed by atoms with Crippen LogP contribution in [0.3, 0.4) is 0 Å². The summed E-state index contributed by atoms with van der Waals surface area (Å²) in [6, 6.07) is 14.6. The van der Waals surface area contributed by atoms with Gasteiger partial charge < -0.3 is 10.1 Å². The summed E-state index contributed by atoms with van der Waals surface area (Å²) in [7, 11) is 0. The van der Waals surface area contributed by atoms with Crippen molar-refractivity contribution in [3.05, 3.63) is 57.2 Å². The van der Waals surface area contributed by atoms with E-state index in [4.69, 9.17) is 4.74 Å². The molecule has 0 aromatic heterocycles. The lowest BCUT2D eigenvalue weighted by Gasteiger charge is -2.12. The van der Waals surface area contributed by atoms with Crippen LogP contribution in [0.1, 0.15) is 18.1 Å². The molecule has 0 unspecified atom stereocenters. The number of anilines is 1. The Morgan fingerprint density at radius 2 is 1.95 bits per heavy atom. The van der Waals surface area contributed by atoms with Crippen LogP contribution in [0, 0.1) is 10.5 Å². The second kappa shape index (κ2) is 6.80. The Morgan fingerprint density at radius 3 is 2.68 bits per heavy atom. The van der Waals surface area contributed by atoms with E-state index in [-0.39, 0.29) is 0 Å². The normalized spacial score (nSPS) is 10.3. The van der Waals surface area contributed by atoms with E-state index in [2.05, 4.69) is 59.1 Å². The Bertz CT molecular complexity index is 554. The molecule has 0 atom stereocenters. The summed E-state index contributed by atoms with van der Waals surface area (Å²) < 4.78 is 6.91. The first-order chi connectivity index (χ1) is 9.20. The topological polar surface area (TPSA) is 21.3 Å². The average molecular weight is 367 g/mol. The van der Waals surface area contributed by atoms with Crippen molar-refractivity contribution < 1.29 is 4.74 Å². The first-order valence-electron chi connectivity index (χ1n) is 6.41. The summed E-state index contributed by atoms with van der Waals surface area (Å²) in [4.78, 5) is 0. The first kappa shape index (κ1) is 14.2. The number of hydrogen-bond acceptors (Lipinski definition) is 2. The van der Waals surface area contributed by atoms with E-state index in [0.717, 1.165) is 18.0 Å².